The number of aromatic nitrogens is 3. The molecule has 2 aromatic heterocycles. The van der Waals surface area contributed by atoms with Gasteiger partial charge in [0.15, 0.2) is 0 Å². The highest BCUT2D eigenvalue weighted by molar-refractivity contribution is 6.15. The fourth-order valence-electron chi connectivity index (χ4n) is 3.33. The molecule has 2 heterocycles. The van der Waals surface area contributed by atoms with Crippen molar-refractivity contribution in [2.75, 3.05) is 12.3 Å². The first-order chi connectivity index (χ1) is 12.7. The minimum atomic E-state index is -0.314. The molecule has 0 fully saturated rings. The quantitative estimate of drug-likeness (QED) is 0.573. The van der Waals surface area contributed by atoms with Gasteiger partial charge in [-0.3, -0.25) is 4.79 Å². The SMILES string of the molecule is CCOC(=O)Cn1c2ncnc(N)c2c2cccc(-c3ccccc3)c21. The molecule has 4 aromatic rings. The number of hydrogen-bond acceptors (Lipinski definition) is 5. The molecule has 0 saturated carbocycles. The Morgan fingerprint density at radius 1 is 1.12 bits per heavy atom. The van der Waals surface area contributed by atoms with Crippen molar-refractivity contribution in [1.29, 1.82) is 0 Å². The molecule has 2 N–H and O–H groups in total. The summed E-state index contributed by atoms with van der Waals surface area (Å²) < 4.78 is 7.02. The molecule has 0 bridgehead atoms. The molecule has 0 unspecified atom stereocenters. The molecule has 0 saturated heterocycles. The van der Waals surface area contributed by atoms with Crippen molar-refractivity contribution in [2.45, 2.75) is 13.5 Å². The van der Waals surface area contributed by atoms with Crippen molar-refractivity contribution in [3.63, 3.8) is 0 Å². The lowest BCUT2D eigenvalue weighted by molar-refractivity contribution is -0.143. The Hall–Kier alpha value is -3.41. The van der Waals surface area contributed by atoms with Crippen LogP contribution < -0.4 is 5.73 Å². The van der Waals surface area contributed by atoms with Crippen molar-refractivity contribution >= 4 is 33.7 Å². The number of nitrogens with zero attached hydrogens (tertiary/aromatic N) is 3. The van der Waals surface area contributed by atoms with Gasteiger partial charge < -0.3 is 15.0 Å². The minimum absolute atomic E-state index is 0.0636. The van der Waals surface area contributed by atoms with Crippen LogP contribution in [0.2, 0.25) is 0 Å². The molecule has 4 rings (SSSR count). The van der Waals surface area contributed by atoms with Gasteiger partial charge >= 0.3 is 5.97 Å². The van der Waals surface area contributed by atoms with Gasteiger partial charge in [-0.2, -0.15) is 0 Å². The van der Waals surface area contributed by atoms with Crippen LogP contribution in [-0.4, -0.2) is 27.1 Å². The van der Waals surface area contributed by atoms with E-state index in [9.17, 15) is 4.79 Å². The van der Waals surface area contributed by atoms with Gasteiger partial charge in [-0.25, -0.2) is 9.97 Å². The fraction of sp³-hybridized carbons (Fsp3) is 0.150. The lowest BCUT2D eigenvalue weighted by atomic mass is 10.0. The Morgan fingerprint density at radius 3 is 2.69 bits per heavy atom. The van der Waals surface area contributed by atoms with E-state index >= 15 is 0 Å². The third-order valence-corrected chi connectivity index (χ3v) is 4.36. The van der Waals surface area contributed by atoms with E-state index in [-0.39, 0.29) is 12.5 Å². The predicted molar refractivity (Wildman–Crippen MR) is 102 cm³/mol. The molecule has 0 atom stereocenters. The van der Waals surface area contributed by atoms with Crippen LogP contribution in [0.4, 0.5) is 5.82 Å². The Bertz CT molecular complexity index is 1100. The maximum absolute atomic E-state index is 12.2. The summed E-state index contributed by atoms with van der Waals surface area (Å²) in [5.74, 6) is 0.0826. The molecule has 6 heteroatoms. The normalized spacial score (nSPS) is 11.1. The van der Waals surface area contributed by atoms with Crippen LogP contribution in [0.25, 0.3) is 33.1 Å². The van der Waals surface area contributed by atoms with E-state index in [1.807, 2.05) is 53.1 Å². The van der Waals surface area contributed by atoms with Crippen LogP contribution in [0.3, 0.4) is 0 Å². The van der Waals surface area contributed by atoms with Crippen LogP contribution in [0.5, 0.6) is 0 Å². The predicted octanol–water partition coefficient (Wildman–Crippen LogP) is 3.40. The second-order valence-corrected chi connectivity index (χ2v) is 5.92. The zero-order chi connectivity index (χ0) is 18.1. The van der Waals surface area contributed by atoms with E-state index in [4.69, 9.17) is 10.5 Å². The molecule has 0 amide bonds. The van der Waals surface area contributed by atoms with E-state index < -0.39 is 0 Å². The highest BCUT2D eigenvalue weighted by Gasteiger charge is 2.20. The fourth-order valence-corrected chi connectivity index (χ4v) is 3.33. The van der Waals surface area contributed by atoms with Gasteiger partial charge in [0.05, 0.1) is 17.5 Å². The van der Waals surface area contributed by atoms with Crippen molar-refractivity contribution in [3.8, 4) is 11.1 Å². The molecule has 0 aliphatic carbocycles. The Morgan fingerprint density at radius 2 is 1.92 bits per heavy atom. The standard InChI is InChI=1S/C20H18N4O2/c1-2-26-16(25)11-24-18-14(13-7-4-3-5-8-13)9-6-10-15(18)17-19(21)22-12-23-20(17)24/h3-10,12H,2,11H2,1H3,(H2,21,22,23). The average molecular weight is 346 g/mol. The highest BCUT2D eigenvalue weighted by atomic mass is 16.5. The summed E-state index contributed by atoms with van der Waals surface area (Å²) in [6, 6.07) is 16.0. The number of anilines is 1. The van der Waals surface area contributed by atoms with E-state index in [1.165, 1.54) is 6.33 Å². The van der Waals surface area contributed by atoms with Crippen LogP contribution in [-0.2, 0) is 16.1 Å². The summed E-state index contributed by atoms with van der Waals surface area (Å²) in [6.07, 6.45) is 1.42. The summed E-state index contributed by atoms with van der Waals surface area (Å²) in [6.45, 7) is 2.19. The molecule has 130 valence electrons. The van der Waals surface area contributed by atoms with Gasteiger partial charge in [-0.15, -0.1) is 0 Å². The van der Waals surface area contributed by atoms with Crippen LogP contribution in [0.15, 0.2) is 54.9 Å². The van der Waals surface area contributed by atoms with Gasteiger partial charge in [0.2, 0.25) is 0 Å². The first-order valence-corrected chi connectivity index (χ1v) is 8.43. The maximum Gasteiger partial charge on any atom is 0.326 e. The second kappa shape index (κ2) is 6.48. The smallest absolute Gasteiger partial charge is 0.326 e. The third kappa shape index (κ3) is 2.56. The zero-order valence-electron chi connectivity index (χ0n) is 14.3. The number of fused-ring (bicyclic) bond motifs is 3. The Kier molecular flexibility index (Phi) is 4.01. The first-order valence-electron chi connectivity index (χ1n) is 8.43. The summed E-state index contributed by atoms with van der Waals surface area (Å²) in [4.78, 5) is 20.7. The lowest BCUT2D eigenvalue weighted by Gasteiger charge is -2.10. The molecule has 26 heavy (non-hydrogen) atoms. The number of nitrogen functional groups attached to an aromatic ring is 1. The number of rotatable bonds is 4. The van der Waals surface area contributed by atoms with Crippen LogP contribution in [0, 0.1) is 0 Å². The molecule has 0 spiro atoms. The van der Waals surface area contributed by atoms with Crippen molar-refractivity contribution in [1.82, 2.24) is 14.5 Å². The highest BCUT2D eigenvalue weighted by Crippen LogP contribution is 2.36. The Labute approximate surface area is 150 Å². The van der Waals surface area contributed by atoms with Crippen molar-refractivity contribution in [2.24, 2.45) is 0 Å². The van der Waals surface area contributed by atoms with Crippen LogP contribution >= 0.6 is 0 Å². The largest absolute Gasteiger partial charge is 0.465 e. The monoisotopic (exact) mass is 346 g/mol. The van der Waals surface area contributed by atoms with Gasteiger partial charge in [0.1, 0.15) is 24.3 Å². The lowest BCUT2D eigenvalue weighted by Crippen LogP contribution is -2.14. The van der Waals surface area contributed by atoms with Crippen LogP contribution in [0.1, 0.15) is 6.92 Å². The number of carbonyl (C=O) groups excluding carboxylic acids is 1. The van der Waals surface area contributed by atoms with Gasteiger partial charge in [0, 0.05) is 10.9 Å². The molecular formula is C20H18N4O2. The summed E-state index contributed by atoms with van der Waals surface area (Å²) in [5, 5.41) is 1.67. The van der Waals surface area contributed by atoms with Crippen molar-refractivity contribution < 1.29 is 9.53 Å². The second-order valence-electron chi connectivity index (χ2n) is 5.92. The number of esters is 1. The maximum atomic E-state index is 12.2. The molecule has 0 radical (unpaired) electrons. The van der Waals surface area contributed by atoms with Gasteiger partial charge in [0.25, 0.3) is 0 Å². The molecule has 2 aromatic carbocycles. The number of nitrogens with two attached hydrogens (primary N) is 1. The van der Waals surface area contributed by atoms with E-state index in [2.05, 4.69) is 9.97 Å². The Balaban J connectivity index is 2.08. The number of carbonyl (C=O) groups is 1. The van der Waals surface area contributed by atoms with E-state index in [1.54, 1.807) is 6.92 Å². The van der Waals surface area contributed by atoms with Gasteiger partial charge in [-0.05, 0) is 12.5 Å². The van der Waals surface area contributed by atoms with Gasteiger partial charge in [-0.1, -0.05) is 48.5 Å². The third-order valence-electron chi connectivity index (χ3n) is 4.36. The summed E-state index contributed by atoms with van der Waals surface area (Å²) in [7, 11) is 0. The number of para-hydroxylation sites is 1. The minimum Gasteiger partial charge on any atom is -0.465 e. The van der Waals surface area contributed by atoms with E-state index in [0.29, 0.717) is 18.1 Å². The average Bonchev–Trinajstić information content (AvgIpc) is 2.98. The number of hydrogen-bond donors (Lipinski definition) is 1. The zero-order valence-corrected chi connectivity index (χ0v) is 14.3. The summed E-state index contributed by atoms with van der Waals surface area (Å²) >= 11 is 0. The number of benzene rings is 2. The number of ether oxygens (including phenoxy) is 1. The molecular weight excluding hydrogens is 328 g/mol. The molecule has 6 nitrogen and oxygen atoms in total. The first kappa shape index (κ1) is 16.1. The van der Waals surface area contributed by atoms with Crippen molar-refractivity contribution in [3.05, 3.63) is 54.9 Å². The summed E-state index contributed by atoms with van der Waals surface area (Å²) in [5.41, 5.74) is 9.72. The molecule has 0 aliphatic rings. The topological polar surface area (TPSA) is 83.0 Å². The van der Waals surface area contributed by atoms with E-state index in [0.717, 1.165) is 27.4 Å². The molecule has 0 aliphatic heterocycles.